The number of ether oxygens (including phenoxy) is 4. The van der Waals surface area contributed by atoms with Crippen molar-refractivity contribution in [3.8, 4) is 0 Å². The number of hydrogen-bond acceptors (Lipinski definition) is 15. The Bertz CT molecular complexity index is 1860. The Morgan fingerprint density at radius 2 is 0.479 bits per heavy atom. The molecule has 17 nitrogen and oxygen atoms in total. The minimum absolute atomic E-state index is 0.106. The Morgan fingerprint density at radius 3 is 0.708 bits per heavy atom. The van der Waals surface area contributed by atoms with Crippen LogP contribution in [0, 0.1) is 11.8 Å². The van der Waals surface area contributed by atoms with E-state index in [1.165, 1.54) is 218 Å². The molecule has 0 aliphatic rings. The lowest BCUT2D eigenvalue weighted by Gasteiger charge is -2.21. The molecular formula is C77H150O17P2. The van der Waals surface area contributed by atoms with Crippen molar-refractivity contribution in [2.45, 2.75) is 419 Å². The van der Waals surface area contributed by atoms with Gasteiger partial charge in [0.25, 0.3) is 0 Å². The smallest absolute Gasteiger partial charge is 0.462 e. The van der Waals surface area contributed by atoms with E-state index in [1.807, 2.05) is 0 Å². The molecule has 0 aliphatic heterocycles. The second-order valence-corrected chi connectivity index (χ2v) is 31.6. The Kier molecular flexibility index (Phi) is 67.4. The Balaban J connectivity index is 5.20. The van der Waals surface area contributed by atoms with Crippen molar-refractivity contribution in [3.05, 3.63) is 0 Å². The zero-order valence-corrected chi connectivity index (χ0v) is 64.5. The third kappa shape index (κ3) is 70.5. The summed E-state index contributed by atoms with van der Waals surface area (Å²) in [5.41, 5.74) is 0. The van der Waals surface area contributed by atoms with Gasteiger partial charge in [0.2, 0.25) is 0 Å². The molecule has 570 valence electrons. The third-order valence-corrected chi connectivity index (χ3v) is 19.9. The highest BCUT2D eigenvalue weighted by atomic mass is 31.2. The number of esters is 4. The molecule has 0 aromatic heterocycles. The van der Waals surface area contributed by atoms with Crippen molar-refractivity contribution in [2.75, 3.05) is 39.6 Å². The molecule has 2 unspecified atom stereocenters. The topological polar surface area (TPSA) is 237 Å². The fourth-order valence-electron chi connectivity index (χ4n) is 11.8. The van der Waals surface area contributed by atoms with Gasteiger partial charge in [-0.05, 0) is 37.5 Å². The third-order valence-electron chi connectivity index (χ3n) is 18.0. The van der Waals surface area contributed by atoms with Crippen LogP contribution in [0.5, 0.6) is 0 Å². The molecule has 0 saturated carbocycles. The first-order valence-corrected chi connectivity index (χ1v) is 43.0. The van der Waals surface area contributed by atoms with E-state index in [9.17, 15) is 43.2 Å². The molecule has 5 atom stereocenters. The number of phosphoric acid groups is 2. The predicted octanol–water partition coefficient (Wildman–Crippen LogP) is 22.7. The molecule has 0 fully saturated rings. The minimum Gasteiger partial charge on any atom is -0.462 e. The van der Waals surface area contributed by atoms with Crippen LogP contribution in [0.25, 0.3) is 0 Å². The number of rotatable bonds is 76. The summed E-state index contributed by atoms with van der Waals surface area (Å²) in [6.45, 7) is 9.61. The maximum absolute atomic E-state index is 13.1. The second kappa shape index (κ2) is 68.8. The number of aliphatic hydroxyl groups is 1. The molecule has 0 heterocycles. The molecule has 19 heteroatoms. The summed E-state index contributed by atoms with van der Waals surface area (Å²) < 4.78 is 68.5. The fraction of sp³-hybridized carbons (Fsp3) is 0.948. The quantitative estimate of drug-likeness (QED) is 0.0222. The van der Waals surface area contributed by atoms with Crippen molar-refractivity contribution < 1.29 is 80.2 Å². The zero-order chi connectivity index (χ0) is 70.7. The number of unbranched alkanes of at least 4 members (excludes halogenated alkanes) is 46. The van der Waals surface area contributed by atoms with Crippen LogP contribution in [0.2, 0.25) is 0 Å². The predicted molar refractivity (Wildman–Crippen MR) is 391 cm³/mol. The highest BCUT2D eigenvalue weighted by molar-refractivity contribution is 7.47. The Hall–Kier alpha value is -1.94. The maximum atomic E-state index is 13.1. The maximum Gasteiger partial charge on any atom is 0.472 e. The minimum atomic E-state index is -4.96. The molecule has 0 radical (unpaired) electrons. The van der Waals surface area contributed by atoms with Gasteiger partial charge >= 0.3 is 39.5 Å². The van der Waals surface area contributed by atoms with Gasteiger partial charge in [-0.25, -0.2) is 9.13 Å². The standard InChI is InChI=1S/C77H150O17P2/c1-7-9-11-13-15-17-19-26-30-36-42-48-54-60-75(80)88-66-72(93-76(81)61-55-49-43-37-31-28-25-23-21-20-22-24-27-29-33-39-45-51-57-69(3)4)67-91-95(83,84)89-63-71(78)64-90-96(85,86)92-68-73(65-87-74(79)59-53-47-41-35-18-16-14-12-10-8-2)94-77(82)62-56-50-44-38-32-34-40-46-52-58-70(5)6/h69-73,78H,7-68H2,1-6H3,(H,83,84)(H,85,86)/t71-,72-,73-/m1/s1. The highest BCUT2D eigenvalue weighted by Gasteiger charge is 2.30. The van der Waals surface area contributed by atoms with Crippen molar-refractivity contribution >= 4 is 39.5 Å². The van der Waals surface area contributed by atoms with E-state index in [0.29, 0.717) is 25.7 Å². The Morgan fingerprint density at radius 1 is 0.281 bits per heavy atom. The van der Waals surface area contributed by atoms with Gasteiger partial charge in [-0.15, -0.1) is 0 Å². The van der Waals surface area contributed by atoms with Crippen molar-refractivity contribution in [1.82, 2.24) is 0 Å². The second-order valence-electron chi connectivity index (χ2n) is 28.7. The lowest BCUT2D eigenvalue weighted by Crippen LogP contribution is -2.30. The number of carbonyl (C=O) groups is 4. The van der Waals surface area contributed by atoms with Gasteiger partial charge in [-0.2, -0.15) is 0 Å². The molecule has 0 aliphatic carbocycles. The van der Waals surface area contributed by atoms with Crippen LogP contribution < -0.4 is 0 Å². The van der Waals surface area contributed by atoms with Crippen LogP contribution in [0.3, 0.4) is 0 Å². The van der Waals surface area contributed by atoms with Gasteiger partial charge in [0.15, 0.2) is 12.2 Å². The first-order chi connectivity index (χ1) is 46.4. The first-order valence-electron chi connectivity index (χ1n) is 40.0. The van der Waals surface area contributed by atoms with Gasteiger partial charge in [0.05, 0.1) is 26.4 Å². The van der Waals surface area contributed by atoms with Crippen molar-refractivity contribution in [2.24, 2.45) is 11.8 Å². The van der Waals surface area contributed by atoms with Crippen LogP contribution in [0.15, 0.2) is 0 Å². The van der Waals surface area contributed by atoms with E-state index < -0.39 is 97.5 Å². The fourth-order valence-corrected chi connectivity index (χ4v) is 13.4. The molecule has 0 aromatic rings. The van der Waals surface area contributed by atoms with Crippen molar-refractivity contribution in [3.63, 3.8) is 0 Å². The number of phosphoric ester groups is 2. The number of hydrogen-bond donors (Lipinski definition) is 3. The van der Waals surface area contributed by atoms with E-state index in [-0.39, 0.29) is 25.7 Å². The normalized spacial score (nSPS) is 14.0. The van der Waals surface area contributed by atoms with Gasteiger partial charge in [-0.3, -0.25) is 37.3 Å². The van der Waals surface area contributed by atoms with Crippen LogP contribution in [-0.4, -0.2) is 96.7 Å². The summed E-state index contributed by atoms with van der Waals surface area (Å²) in [7, 11) is -9.91. The summed E-state index contributed by atoms with van der Waals surface area (Å²) in [5.74, 6) is -0.557. The highest BCUT2D eigenvalue weighted by Crippen LogP contribution is 2.45. The number of carbonyl (C=O) groups excluding carboxylic acids is 4. The van der Waals surface area contributed by atoms with Crippen LogP contribution in [0.1, 0.15) is 401 Å². The first kappa shape index (κ1) is 94.1. The van der Waals surface area contributed by atoms with E-state index in [0.717, 1.165) is 102 Å². The van der Waals surface area contributed by atoms with Crippen molar-refractivity contribution in [1.29, 1.82) is 0 Å². The Labute approximate surface area is 588 Å². The van der Waals surface area contributed by atoms with Gasteiger partial charge in [0, 0.05) is 25.7 Å². The lowest BCUT2D eigenvalue weighted by atomic mass is 10.0. The summed E-state index contributed by atoms with van der Waals surface area (Å²) >= 11 is 0. The van der Waals surface area contributed by atoms with E-state index in [2.05, 4.69) is 41.5 Å². The summed E-state index contributed by atoms with van der Waals surface area (Å²) in [4.78, 5) is 72.8. The lowest BCUT2D eigenvalue weighted by molar-refractivity contribution is -0.161. The number of aliphatic hydroxyl groups excluding tert-OH is 1. The molecule has 3 N–H and O–H groups in total. The van der Waals surface area contributed by atoms with Crippen LogP contribution in [-0.2, 0) is 65.4 Å². The molecule has 0 rings (SSSR count). The summed E-state index contributed by atoms with van der Waals surface area (Å²) in [5, 5.41) is 10.6. The molecule has 0 aromatic carbocycles. The zero-order valence-electron chi connectivity index (χ0n) is 62.7. The van der Waals surface area contributed by atoms with E-state index in [4.69, 9.17) is 37.0 Å². The largest absolute Gasteiger partial charge is 0.472 e. The van der Waals surface area contributed by atoms with Gasteiger partial charge in [-0.1, -0.05) is 350 Å². The van der Waals surface area contributed by atoms with Gasteiger partial charge < -0.3 is 33.8 Å². The van der Waals surface area contributed by atoms with Gasteiger partial charge in [0.1, 0.15) is 19.3 Å². The van der Waals surface area contributed by atoms with Crippen LogP contribution in [0.4, 0.5) is 0 Å². The molecule has 96 heavy (non-hydrogen) atoms. The summed E-state index contributed by atoms with van der Waals surface area (Å²) in [6, 6.07) is 0. The molecule has 0 saturated heterocycles. The van der Waals surface area contributed by atoms with E-state index >= 15 is 0 Å². The van der Waals surface area contributed by atoms with E-state index in [1.54, 1.807) is 0 Å². The molecule has 0 bridgehead atoms. The average Bonchev–Trinajstić information content (AvgIpc) is 2.05. The monoisotopic (exact) mass is 1410 g/mol. The molecule has 0 spiro atoms. The van der Waals surface area contributed by atoms with Crippen LogP contribution >= 0.6 is 15.6 Å². The summed E-state index contributed by atoms with van der Waals surface area (Å²) in [6.07, 6.45) is 56.9. The molecular weight excluding hydrogens is 1260 g/mol. The SMILES string of the molecule is CCCCCCCCCCCCCCCC(=O)OC[C@H](COP(=O)(O)OC[C@@H](O)COP(=O)(O)OC[C@@H](COC(=O)CCCCCCCCCCCC)OC(=O)CCCCCCCCCCCC(C)C)OC(=O)CCCCCCCCCCCCCCCCCCCCC(C)C. The average molecular weight is 1410 g/mol. The molecule has 0 amide bonds.